The third-order valence-corrected chi connectivity index (χ3v) is 1.78. The number of carbonyl (C=O) groups is 1. The Morgan fingerprint density at radius 1 is 1.13 bits per heavy atom. The zero-order valence-corrected chi connectivity index (χ0v) is 9.11. The molecule has 1 rings (SSSR count). The lowest BCUT2D eigenvalue weighted by atomic mass is 9.97. The summed E-state index contributed by atoms with van der Waals surface area (Å²) in [5.41, 5.74) is -0.904. The number of carbonyl (C=O) groups excluding carboxylic acids is 1. The molecule has 0 spiro atoms. The number of rotatable bonds is 1. The van der Waals surface area contributed by atoms with Gasteiger partial charge in [0.15, 0.2) is 5.75 Å². The van der Waals surface area contributed by atoms with E-state index in [4.69, 9.17) is 4.74 Å². The van der Waals surface area contributed by atoms with Crippen molar-refractivity contribution in [1.82, 2.24) is 0 Å². The van der Waals surface area contributed by atoms with E-state index in [2.05, 4.69) is 0 Å². The van der Waals surface area contributed by atoms with Gasteiger partial charge in [0.25, 0.3) is 0 Å². The highest BCUT2D eigenvalue weighted by Gasteiger charge is 2.24. The molecule has 1 aromatic carbocycles. The minimum Gasteiger partial charge on any atom is -0.422 e. The van der Waals surface area contributed by atoms with E-state index < -0.39 is 11.4 Å². The Labute approximate surface area is 88.7 Å². The zero-order chi connectivity index (χ0) is 11.5. The Hall–Kier alpha value is -1.64. The van der Waals surface area contributed by atoms with Crippen molar-refractivity contribution >= 4 is 5.97 Å². The van der Waals surface area contributed by atoms with Gasteiger partial charge in [-0.25, -0.2) is 0 Å². The summed E-state index contributed by atoms with van der Waals surface area (Å²) in [4.78, 5) is 22.9. The van der Waals surface area contributed by atoms with Gasteiger partial charge in [0, 0.05) is 0 Å². The highest BCUT2D eigenvalue weighted by Crippen LogP contribution is 2.16. The van der Waals surface area contributed by atoms with Crippen LogP contribution in [0.15, 0.2) is 35.1 Å². The summed E-state index contributed by atoms with van der Waals surface area (Å²) >= 11 is 0. The van der Waals surface area contributed by atoms with E-state index >= 15 is 0 Å². The number of hydrogen-bond acceptors (Lipinski definition) is 3. The molecule has 0 radical (unpaired) electrons. The molecule has 3 heteroatoms. The van der Waals surface area contributed by atoms with E-state index in [1.807, 2.05) is 0 Å². The van der Waals surface area contributed by atoms with Crippen molar-refractivity contribution in [3.63, 3.8) is 0 Å². The number of ether oxygens (including phenoxy) is 1. The largest absolute Gasteiger partial charge is 0.422 e. The maximum absolute atomic E-state index is 11.5. The van der Waals surface area contributed by atoms with Crippen LogP contribution in [-0.2, 0) is 4.79 Å². The second-order valence-corrected chi connectivity index (χ2v) is 4.28. The van der Waals surface area contributed by atoms with Crippen LogP contribution in [0.1, 0.15) is 20.8 Å². The van der Waals surface area contributed by atoms with Gasteiger partial charge in [-0.15, -0.1) is 0 Å². The lowest BCUT2D eigenvalue weighted by molar-refractivity contribution is -0.143. The molecular formula is C12H14O3. The molecule has 3 nitrogen and oxygen atoms in total. The number of esters is 1. The van der Waals surface area contributed by atoms with E-state index in [1.54, 1.807) is 39.0 Å². The van der Waals surface area contributed by atoms with E-state index in [9.17, 15) is 9.59 Å². The Morgan fingerprint density at radius 3 is 2.33 bits per heavy atom. The van der Waals surface area contributed by atoms with Gasteiger partial charge in [0.2, 0.25) is 5.43 Å². The Balaban J connectivity index is 2.98. The third kappa shape index (κ3) is 3.20. The molecule has 0 atom stereocenters. The van der Waals surface area contributed by atoms with Gasteiger partial charge in [0.1, 0.15) is 0 Å². The van der Waals surface area contributed by atoms with Gasteiger partial charge in [-0.3, -0.25) is 9.59 Å². The molecule has 0 unspecified atom stereocenters. The minimum atomic E-state index is -0.610. The van der Waals surface area contributed by atoms with Crippen molar-refractivity contribution in [3.8, 4) is 5.75 Å². The second kappa shape index (κ2) is 4.26. The normalized spacial score (nSPS) is 10.9. The first-order valence-electron chi connectivity index (χ1n) is 4.73. The summed E-state index contributed by atoms with van der Waals surface area (Å²) in [6, 6.07) is 7.83. The van der Waals surface area contributed by atoms with Crippen molar-refractivity contribution in [2.75, 3.05) is 0 Å². The predicted molar refractivity (Wildman–Crippen MR) is 57.8 cm³/mol. The van der Waals surface area contributed by atoms with Crippen LogP contribution in [-0.4, -0.2) is 5.97 Å². The smallest absolute Gasteiger partial charge is 0.316 e. The standard InChI is InChI=1S/C12H14O3/c1-12(2,3)11(14)15-10-8-6-4-5-7-9(10)13/h4-8H,1-3H3. The third-order valence-electron chi connectivity index (χ3n) is 1.78. The molecule has 0 N–H and O–H groups in total. The fourth-order valence-electron chi connectivity index (χ4n) is 0.852. The first kappa shape index (κ1) is 11.4. The van der Waals surface area contributed by atoms with Gasteiger partial charge < -0.3 is 4.74 Å². The highest BCUT2D eigenvalue weighted by atomic mass is 16.5. The van der Waals surface area contributed by atoms with Gasteiger partial charge in [-0.2, -0.15) is 0 Å². The molecule has 0 saturated carbocycles. The molecule has 0 bridgehead atoms. The van der Waals surface area contributed by atoms with Gasteiger partial charge in [0.05, 0.1) is 5.41 Å². The Bertz CT molecular complexity index is 416. The summed E-state index contributed by atoms with van der Waals surface area (Å²) in [7, 11) is 0. The fourth-order valence-corrected chi connectivity index (χ4v) is 0.852. The molecule has 15 heavy (non-hydrogen) atoms. The minimum absolute atomic E-state index is 0.0694. The molecule has 0 aliphatic heterocycles. The predicted octanol–water partition coefficient (Wildman–Crippen LogP) is 2.00. The van der Waals surface area contributed by atoms with Gasteiger partial charge in [-0.05, 0) is 32.9 Å². The van der Waals surface area contributed by atoms with E-state index in [1.165, 1.54) is 12.1 Å². The molecular weight excluding hydrogens is 192 g/mol. The van der Waals surface area contributed by atoms with Crippen LogP contribution in [0.4, 0.5) is 0 Å². The van der Waals surface area contributed by atoms with Crippen LogP contribution < -0.4 is 10.2 Å². The summed E-state index contributed by atoms with van der Waals surface area (Å²) in [5.74, 6) is -0.342. The zero-order valence-electron chi connectivity index (χ0n) is 9.11. The van der Waals surface area contributed by atoms with Crippen molar-refractivity contribution in [3.05, 3.63) is 40.6 Å². The first-order chi connectivity index (χ1) is 6.91. The molecule has 0 saturated heterocycles. The van der Waals surface area contributed by atoms with Crippen LogP contribution >= 0.6 is 0 Å². The molecule has 0 aliphatic rings. The van der Waals surface area contributed by atoms with E-state index in [-0.39, 0.29) is 11.2 Å². The average Bonchev–Trinajstić information content (AvgIpc) is 2.30. The molecule has 0 aliphatic carbocycles. The summed E-state index contributed by atoms with van der Waals surface area (Å²) in [5, 5.41) is 0. The van der Waals surface area contributed by atoms with E-state index in [0.29, 0.717) is 0 Å². The Morgan fingerprint density at radius 2 is 1.73 bits per heavy atom. The fraction of sp³-hybridized carbons (Fsp3) is 0.333. The van der Waals surface area contributed by atoms with Crippen molar-refractivity contribution in [2.45, 2.75) is 20.8 Å². The van der Waals surface area contributed by atoms with Crippen LogP contribution in [0, 0.1) is 5.41 Å². The van der Waals surface area contributed by atoms with Gasteiger partial charge in [-0.1, -0.05) is 18.2 Å². The lowest BCUT2D eigenvalue weighted by Crippen LogP contribution is -2.27. The van der Waals surface area contributed by atoms with Crippen LogP contribution in [0.3, 0.4) is 0 Å². The average molecular weight is 206 g/mol. The molecule has 0 fully saturated rings. The van der Waals surface area contributed by atoms with Crippen molar-refractivity contribution in [1.29, 1.82) is 0 Å². The molecule has 0 heterocycles. The van der Waals surface area contributed by atoms with E-state index in [0.717, 1.165) is 0 Å². The highest BCUT2D eigenvalue weighted by molar-refractivity contribution is 5.77. The molecule has 80 valence electrons. The maximum atomic E-state index is 11.5. The van der Waals surface area contributed by atoms with Crippen LogP contribution in [0.2, 0.25) is 0 Å². The topological polar surface area (TPSA) is 43.4 Å². The SMILES string of the molecule is CC(C)(C)C(=O)Oc1cccccc1=O. The monoisotopic (exact) mass is 206 g/mol. The lowest BCUT2D eigenvalue weighted by Gasteiger charge is -2.15. The molecule has 0 amide bonds. The molecule has 1 aromatic rings. The summed E-state index contributed by atoms with van der Waals surface area (Å²) < 4.78 is 5.02. The maximum Gasteiger partial charge on any atom is 0.316 e. The quantitative estimate of drug-likeness (QED) is 0.660. The van der Waals surface area contributed by atoms with Crippen LogP contribution in [0.25, 0.3) is 0 Å². The Kier molecular flexibility index (Phi) is 3.24. The van der Waals surface area contributed by atoms with Crippen molar-refractivity contribution in [2.24, 2.45) is 5.41 Å². The number of hydrogen-bond donors (Lipinski definition) is 0. The summed E-state index contributed by atoms with van der Waals surface area (Å²) in [6.07, 6.45) is 0. The van der Waals surface area contributed by atoms with Crippen LogP contribution in [0.5, 0.6) is 5.75 Å². The first-order valence-corrected chi connectivity index (χ1v) is 4.73. The van der Waals surface area contributed by atoms with Gasteiger partial charge >= 0.3 is 5.97 Å². The summed E-state index contributed by atoms with van der Waals surface area (Å²) in [6.45, 7) is 5.22. The molecule has 0 aromatic heterocycles. The second-order valence-electron chi connectivity index (χ2n) is 4.28. The van der Waals surface area contributed by atoms with Crippen molar-refractivity contribution < 1.29 is 9.53 Å².